The number of ether oxygens (including phenoxy) is 6. The molecule has 12 atom stereocenters. The molecule has 4 aliphatic carbocycles. The van der Waals surface area contributed by atoms with Crippen molar-refractivity contribution in [1.29, 1.82) is 0 Å². The zero-order valence-electron chi connectivity index (χ0n) is 41.7. The quantitative estimate of drug-likeness (QED) is 0.0642. The van der Waals surface area contributed by atoms with Gasteiger partial charge in [-0.1, -0.05) is 24.3 Å². The van der Waals surface area contributed by atoms with Crippen molar-refractivity contribution in [1.82, 2.24) is 0 Å². The van der Waals surface area contributed by atoms with E-state index < -0.39 is 191 Å². The van der Waals surface area contributed by atoms with Crippen LogP contribution in [0.4, 0.5) is 0 Å². The molecule has 0 bridgehead atoms. The smallest absolute Gasteiger partial charge is 0.205 e. The average molecular weight is 1070 g/mol. The lowest BCUT2D eigenvalue weighted by Gasteiger charge is -2.42. The van der Waals surface area contributed by atoms with Crippen LogP contribution >= 0.6 is 0 Å². The third-order valence-electron chi connectivity index (χ3n) is 15.7. The Balaban J connectivity index is 0.976. The fraction of sp³-hybridized carbons (Fsp3) is 0.426. The fourth-order valence-electron chi connectivity index (χ4n) is 11.7. The normalized spacial score (nSPS) is 30.4. The number of phenols is 4. The number of benzene rings is 4. The SMILES string of the molecule is COc1cccc2c1C(=O)c1c(O)c3c(c(O)c1C2=O)CC(O)(C(=O)C=NC1CC(OC2CC(O)(C(=O)CO)Cc4c(O)c5c(c(O)c42)C(=O)c2c(OC)cccc2C5=O)OC(C)C1O)CC3OC1CC(N)C(O)C(C)O1. The molecule has 2 heterocycles. The predicted octanol–water partition coefficient (Wildman–Crippen LogP) is 1.14. The van der Waals surface area contributed by atoms with E-state index in [9.17, 15) is 74.7 Å². The summed E-state index contributed by atoms with van der Waals surface area (Å²) in [7, 11) is 2.54. The number of fused-ring (bicyclic) bond motifs is 6. The maximum Gasteiger partial charge on any atom is 0.205 e. The standard InChI is InChI=1S/C54H54N2O21/c1-19-43(60)25(55)11-33(74-19)76-29-15-53(70,13-23-37(29)51(68)41-39(47(23)64)45(62)21-7-5-9-27(72-3)35(21)49(41)66)31(58)17-56-26-12-34(75-20(2)44(26)61)77-30-16-54(71,32(59)18-57)14-24-38(30)52(69)42-40(48(24)65)46(63)22-8-6-10-28(73-4)36(22)50(42)67/h5-10,17,19-20,25-26,29-30,33-34,43-44,57,60-61,64-65,68-71H,11-16,18,55H2,1-4H3. The molecular weight excluding hydrogens is 1010 g/mol. The lowest BCUT2D eigenvalue weighted by Crippen LogP contribution is -2.53. The summed E-state index contributed by atoms with van der Waals surface area (Å²) in [6.07, 6.45) is -13.3. The number of hydrogen-bond acceptors (Lipinski definition) is 23. The van der Waals surface area contributed by atoms with Crippen LogP contribution in [-0.4, -0.2) is 168 Å². The number of ketones is 6. The minimum Gasteiger partial charge on any atom is -0.507 e. The van der Waals surface area contributed by atoms with Crippen molar-refractivity contribution in [2.24, 2.45) is 10.7 Å². The highest BCUT2D eigenvalue weighted by molar-refractivity contribution is 6.33. The maximum atomic E-state index is 14.5. The van der Waals surface area contributed by atoms with E-state index >= 15 is 0 Å². The van der Waals surface area contributed by atoms with Crippen LogP contribution in [0.5, 0.6) is 34.5 Å². The molecule has 4 aromatic rings. The van der Waals surface area contributed by atoms with E-state index in [0.717, 1.165) is 0 Å². The zero-order chi connectivity index (χ0) is 55.5. The molecule has 4 aromatic carbocycles. The first kappa shape index (κ1) is 53.4. The molecule has 10 rings (SSSR count). The van der Waals surface area contributed by atoms with Gasteiger partial charge in [-0.2, -0.15) is 0 Å². The van der Waals surface area contributed by atoms with E-state index in [1.807, 2.05) is 0 Å². The minimum atomic E-state index is -2.57. The van der Waals surface area contributed by atoms with E-state index in [4.69, 9.17) is 34.2 Å². The van der Waals surface area contributed by atoms with Gasteiger partial charge in [0.25, 0.3) is 0 Å². The molecule has 0 saturated carbocycles. The van der Waals surface area contributed by atoms with Gasteiger partial charge in [-0.3, -0.25) is 33.8 Å². The fourth-order valence-corrected chi connectivity index (χ4v) is 11.7. The Morgan fingerprint density at radius 1 is 0.662 bits per heavy atom. The Labute approximate surface area is 437 Å². The van der Waals surface area contributed by atoms with Crippen molar-refractivity contribution in [3.05, 3.63) is 103 Å². The summed E-state index contributed by atoms with van der Waals surface area (Å²) >= 11 is 0. The number of hydrogen-bond donors (Lipinski definition) is 10. The molecule has 0 aromatic heterocycles. The topological polar surface area (TPSA) is 378 Å². The molecule has 11 N–H and O–H groups in total. The summed E-state index contributed by atoms with van der Waals surface area (Å²) in [6, 6.07) is 6.22. The van der Waals surface area contributed by atoms with Crippen molar-refractivity contribution in [3.63, 3.8) is 0 Å². The molecule has 0 radical (unpaired) electrons. The van der Waals surface area contributed by atoms with Crippen LogP contribution in [-0.2, 0) is 41.4 Å². The van der Waals surface area contributed by atoms with Gasteiger partial charge in [0.2, 0.25) is 17.3 Å². The van der Waals surface area contributed by atoms with Crippen LogP contribution in [0, 0.1) is 0 Å². The second-order valence-corrected chi connectivity index (χ2v) is 20.3. The first-order valence-corrected chi connectivity index (χ1v) is 24.6. The van der Waals surface area contributed by atoms with E-state index in [1.165, 1.54) is 64.5 Å². The number of aromatic hydroxyl groups is 4. The molecule has 77 heavy (non-hydrogen) atoms. The van der Waals surface area contributed by atoms with Crippen LogP contribution < -0.4 is 15.2 Å². The molecule has 2 fully saturated rings. The molecule has 6 aliphatic rings. The second-order valence-electron chi connectivity index (χ2n) is 20.3. The van der Waals surface area contributed by atoms with Gasteiger partial charge < -0.3 is 80.1 Å². The Bertz CT molecular complexity index is 3250. The van der Waals surface area contributed by atoms with Gasteiger partial charge in [0.15, 0.2) is 29.9 Å². The van der Waals surface area contributed by atoms with Crippen LogP contribution in [0.3, 0.4) is 0 Å². The van der Waals surface area contributed by atoms with Crippen LogP contribution in [0.1, 0.15) is 138 Å². The number of aliphatic hydroxyl groups excluding tert-OH is 3. The van der Waals surface area contributed by atoms with E-state index in [0.29, 0.717) is 6.21 Å². The van der Waals surface area contributed by atoms with Crippen LogP contribution in [0.25, 0.3) is 0 Å². The Morgan fingerprint density at radius 2 is 1.10 bits per heavy atom. The third-order valence-corrected chi connectivity index (χ3v) is 15.7. The zero-order valence-corrected chi connectivity index (χ0v) is 41.7. The van der Waals surface area contributed by atoms with Crippen molar-refractivity contribution >= 4 is 40.9 Å². The molecular formula is C54H54N2O21. The maximum absolute atomic E-state index is 14.5. The van der Waals surface area contributed by atoms with Gasteiger partial charge in [-0.15, -0.1) is 0 Å². The first-order chi connectivity index (χ1) is 36.5. The van der Waals surface area contributed by atoms with E-state index in [-0.39, 0.29) is 62.4 Å². The number of rotatable bonds is 11. The van der Waals surface area contributed by atoms with Gasteiger partial charge in [0.1, 0.15) is 58.4 Å². The van der Waals surface area contributed by atoms with Crippen molar-refractivity contribution in [3.8, 4) is 34.5 Å². The third kappa shape index (κ3) is 8.39. The monoisotopic (exact) mass is 1070 g/mol. The Hall–Kier alpha value is -7.03. The molecule has 2 saturated heterocycles. The highest BCUT2D eigenvalue weighted by atomic mass is 16.7. The number of carbonyl (C=O) groups is 6. The molecule has 406 valence electrons. The van der Waals surface area contributed by atoms with Gasteiger partial charge in [-0.25, -0.2) is 0 Å². The number of phenolic OH excluding ortho intramolecular Hbond substituents is 4. The van der Waals surface area contributed by atoms with Gasteiger partial charge >= 0.3 is 0 Å². The van der Waals surface area contributed by atoms with Gasteiger partial charge in [0.05, 0.1) is 90.4 Å². The summed E-state index contributed by atoms with van der Waals surface area (Å²) in [6.45, 7) is 1.77. The number of aliphatic hydroxyl groups is 5. The minimum absolute atomic E-state index is 0.00520. The second kappa shape index (κ2) is 19.5. The highest BCUT2D eigenvalue weighted by Crippen LogP contribution is 2.55. The van der Waals surface area contributed by atoms with Crippen molar-refractivity contribution in [2.45, 2.75) is 125 Å². The van der Waals surface area contributed by atoms with Crippen molar-refractivity contribution in [2.75, 3.05) is 20.8 Å². The number of nitrogens with two attached hydrogens (primary N) is 1. The molecule has 0 amide bonds. The highest BCUT2D eigenvalue weighted by Gasteiger charge is 2.53. The number of methoxy groups -OCH3 is 2. The first-order valence-electron chi connectivity index (χ1n) is 24.6. The summed E-state index contributed by atoms with van der Waals surface area (Å²) in [5.74, 6) is -9.08. The Morgan fingerprint density at radius 3 is 1.57 bits per heavy atom. The molecule has 12 unspecified atom stereocenters. The number of carbonyl (C=O) groups excluding carboxylic acids is 6. The summed E-state index contributed by atoms with van der Waals surface area (Å²) < 4.78 is 35.1. The van der Waals surface area contributed by atoms with Gasteiger partial charge in [-0.05, 0) is 26.0 Å². The largest absolute Gasteiger partial charge is 0.507 e. The molecule has 0 spiro atoms. The number of nitrogens with zero attached hydrogens (tertiary/aromatic N) is 1. The van der Waals surface area contributed by atoms with Crippen molar-refractivity contribution < 1.29 is 103 Å². The molecule has 23 nitrogen and oxygen atoms in total. The molecule has 23 heteroatoms. The van der Waals surface area contributed by atoms with Gasteiger partial charge in [0, 0.05) is 77.9 Å². The summed E-state index contributed by atoms with van der Waals surface area (Å²) in [5.41, 5.74) is -3.21. The summed E-state index contributed by atoms with van der Waals surface area (Å²) in [5, 5.41) is 104. The Kier molecular flexibility index (Phi) is 13.5. The van der Waals surface area contributed by atoms with E-state index in [2.05, 4.69) is 4.99 Å². The predicted molar refractivity (Wildman–Crippen MR) is 261 cm³/mol. The lowest BCUT2D eigenvalue weighted by molar-refractivity contribution is -0.247. The van der Waals surface area contributed by atoms with E-state index in [1.54, 1.807) is 0 Å². The number of aliphatic imine (C=N–C) groups is 1. The number of Topliss-reactive ketones (excluding diaryl/α,β-unsaturated/α-hetero) is 2. The summed E-state index contributed by atoms with van der Waals surface area (Å²) in [4.78, 5) is 88.4. The lowest BCUT2D eigenvalue weighted by atomic mass is 9.72. The average Bonchev–Trinajstić information content (AvgIpc) is 3.43. The molecule has 2 aliphatic heterocycles. The van der Waals surface area contributed by atoms with Crippen LogP contribution in [0.15, 0.2) is 41.4 Å². The van der Waals surface area contributed by atoms with Crippen LogP contribution in [0.2, 0.25) is 0 Å².